The van der Waals surface area contributed by atoms with E-state index in [1.165, 1.54) is 0 Å². The molecule has 6 heteroatoms. The van der Waals surface area contributed by atoms with Gasteiger partial charge in [-0.3, -0.25) is 14.9 Å². The van der Waals surface area contributed by atoms with Gasteiger partial charge < -0.3 is 5.32 Å². The standard InChI is InChI=1S/C11H10F2N2O2/c12-7-1-2-8(13)6(3-7)5-14-9-4-10(16)15-11(9)17/h1-3,9,14H,4-5H2,(H,15,16,17). The average molecular weight is 240 g/mol. The van der Waals surface area contributed by atoms with Crippen LogP contribution < -0.4 is 10.6 Å². The molecule has 0 saturated carbocycles. The monoisotopic (exact) mass is 240 g/mol. The number of rotatable bonds is 3. The Morgan fingerprint density at radius 1 is 1.35 bits per heavy atom. The maximum absolute atomic E-state index is 13.2. The van der Waals surface area contributed by atoms with Gasteiger partial charge in [0.15, 0.2) is 0 Å². The molecule has 0 aliphatic carbocycles. The van der Waals surface area contributed by atoms with E-state index in [0.29, 0.717) is 0 Å². The fourth-order valence-electron chi connectivity index (χ4n) is 1.63. The Kier molecular flexibility index (Phi) is 3.14. The van der Waals surface area contributed by atoms with Crippen molar-refractivity contribution in [1.29, 1.82) is 0 Å². The number of carbonyl (C=O) groups is 2. The number of imide groups is 1. The molecule has 2 N–H and O–H groups in total. The zero-order valence-electron chi connectivity index (χ0n) is 8.80. The van der Waals surface area contributed by atoms with Gasteiger partial charge in [-0.05, 0) is 18.2 Å². The van der Waals surface area contributed by atoms with E-state index in [-0.39, 0.29) is 24.4 Å². The van der Waals surface area contributed by atoms with Crippen LogP contribution in [0.15, 0.2) is 18.2 Å². The third-order valence-electron chi connectivity index (χ3n) is 2.52. The van der Waals surface area contributed by atoms with E-state index in [1.54, 1.807) is 0 Å². The second-order valence-corrected chi connectivity index (χ2v) is 3.79. The molecule has 1 aromatic rings. The molecule has 1 saturated heterocycles. The zero-order valence-corrected chi connectivity index (χ0v) is 8.80. The first-order valence-corrected chi connectivity index (χ1v) is 5.07. The van der Waals surface area contributed by atoms with Gasteiger partial charge in [-0.1, -0.05) is 0 Å². The van der Waals surface area contributed by atoms with E-state index in [9.17, 15) is 18.4 Å². The molecule has 1 fully saturated rings. The molecule has 0 aromatic heterocycles. The summed E-state index contributed by atoms with van der Waals surface area (Å²) in [5.41, 5.74) is 0.122. The summed E-state index contributed by atoms with van der Waals surface area (Å²) in [6.45, 7) is -0.00500. The number of hydrogen-bond donors (Lipinski definition) is 2. The van der Waals surface area contributed by atoms with Gasteiger partial charge in [0, 0.05) is 12.1 Å². The van der Waals surface area contributed by atoms with E-state index in [2.05, 4.69) is 10.6 Å². The molecule has 1 heterocycles. The summed E-state index contributed by atoms with van der Waals surface area (Å²) in [5, 5.41) is 4.83. The molecular formula is C11H10F2N2O2. The average Bonchev–Trinajstić information content (AvgIpc) is 2.59. The van der Waals surface area contributed by atoms with E-state index in [0.717, 1.165) is 18.2 Å². The van der Waals surface area contributed by atoms with Gasteiger partial charge in [0.2, 0.25) is 11.8 Å². The van der Waals surface area contributed by atoms with Crippen molar-refractivity contribution in [1.82, 2.24) is 10.6 Å². The first-order valence-electron chi connectivity index (χ1n) is 5.07. The lowest BCUT2D eigenvalue weighted by molar-refractivity contribution is -0.125. The van der Waals surface area contributed by atoms with Crippen LogP contribution in [0.4, 0.5) is 8.78 Å². The molecule has 1 aliphatic rings. The van der Waals surface area contributed by atoms with Crippen LogP contribution in [0.3, 0.4) is 0 Å². The number of amides is 2. The summed E-state index contributed by atoms with van der Waals surface area (Å²) in [5.74, 6) is -1.90. The van der Waals surface area contributed by atoms with Gasteiger partial charge in [0.1, 0.15) is 11.6 Å². The quantitative estimate of drug-likeness (QED) is 0.755. The fraction of sp³-hybridized carbons (Fsp3) is 0.273. The second-order valence-electron chi connectivity index (χ2n) is 3.79. The fourth-order valence-corrected chi connectivity index (χ4v) is 1.63. The van der Waals surface area contributed by atoms with Crippen molar-refractivity contribution in [2.24, 2.45) is 0 Å². The number of benzene rings is 1. The number of halogens is 2. The molecular weight excluding hydrogens is 230 g/mol. The maximum Gasteiger partial charge on any atom is 0.244 e. The first kappa shape index (κ1) is 11.7. The van der Waals surface area contributed by atoms with Crippen LogP contribution in [0.5, 0.6) is 0 Å². The van der Waals surface area contributed by atoms with Crippen LogP contribution >= 0.6 is 0 Å². The summed E-state index contributed by atoms with van der Waals surface area (Å²) in [4.78, 5) is 22.1. The van der Waals surface area contributed by atoms with E-state index in [1.807, 2.05) is 0 Å². The molecule has 1 aliphatic heterocycles. The molecule has 4 nitrogen and oxygen atoms in total. The lowest BCUT2D eigenvalue weighted by Gasteiger charge is -2.09. The van der Waals surface area contributed by atoms with Crippen molar-refractivity contribution in [3.63, 3.8) is 0 Å². The SMILES string of the molecule is O=C1CC(NCc2cc(F)ccc2F)C(=O)N1. The molecule has 1 aromatic carbocycles. The van der Waals surface area contributed by atoms with Crippen molar-refractivity contribution < 1.29 is 18.4 Å². The van der Waals surface area contributed by atoms with Crippen LogP contribution in [0.1, 0.15) is 12.0 Å². The maximum atomic E-state index is 13.2. The number of nitrogens with one attached hydrogen (secondary N) is 2. The minimum absolute atomic E-state index is 0.00500. The molecule has 0 radical (unpaired) electrons. The third-order valence-corrected chi connectivity index (χ3v) is 2.52. The Hall–Kier alpha value is -1.82. The van der Waals surface area contributed by atoms with Crippen LogP contribution in [-0.4, -0.2) is 17.9 Å². The summed E-state index contributed by atoms with van der Waals surface area (Å²) < 4.78 is 26.1. The highest BCUT2D eigenvalue weighted by atomic mass is 19.1. The minimum atomic E-state index is -0.676. The summed E-state index contributed by atoms with van der Waals surface area (Å²) in [6, 6.07) is 2.42. The summed E-state index contributed by atoms with van der Waals surface area (Å²) in [6.07, 6.45) is 0.0236. The summed E-state index contributed by atoms with van der Waals surface area (Å²) in [7, 11) is 0. The van der Waals surface area contributed by atoms with E-state index < -0.39 is 23.6 Å². The molecule has 17 heavy (non-hydrogen) atoms. The van der Waals surface area contributed by atoms with Crippen molar-refractivity contribution in [3.8, 4) is 0 Å². The van der Waals surface area contributed by atoms with Crippen LogP contribution in [0.25, 0.3) is 0 Å². The molecule has 1 unspecified atom stereocenters. The Labute approximate surface area is 96.0 Å². The minimum Gasteiger partial charge on any atom is -0.301 e. The van der Waals surface area contributed by atoms with Gasteiger partial charge >= 0.3 is 0 Å². The molecule has 1 atom stereocenters. The van der Waals surface area contributed by atoms with Gasteiger partial charge in [-0.15, -0.1) is 0 Å². The Balaban J connectivity index is 2.00. The third kappa shape index (κ3) is 2.65. The molecule has 2 rings (SSSR count). The number of hydrogen-bond acceptors (Lipinski definition) is 3. The second kappa shape index (κ2) is 4.58. The van der Waals surface area contributed by atoms with Gasteiger partial charge in [0.25, 0.3) is 0 Å². The van der Waals surface area contributed by atoms with Crippen molar-refractivity contribution in [2.45, 2.75) is 19.0 Å². The van der Waals surface area contributed by atoms with Crippen LogP contribution in [-0.2, 0) is 16.1 Å². The largest absolute Gasteiger partial charge is 0.301 e. The first-order chi connectivity index (χ1) is 8.06. The highest BCUT2D eigenvalue weighted by molar-refractivity contribution is 6.05. The molecule has 2 amide bonds. The highest BCUT2D eigenvalue weighted by Gasteiger charge is 2.29. The van der Waals surface area contributed by atoms with E-state index >= 15 is 0 Å². The lowest BCUT2D eigenvalue weighted by atomic mass is 10.2. The molecule has 0 spiro atoms. The molecule has 0 bridgehead atoms. The summed E-state index contributed by atoms with van der Waals surface area (Å²) >= 11 is 0. The Morgan fingerprint density at radius 2 is 2.12 bits per heavy atom. The Bertz CT molecular complexity index is 477. The highest BCUT2D eigenvalue weighted by Crippen LogP contribution is 2.10. The van der Waals surface area contributed by atoms with Crippen molar-refractivity contribution in [3.05, 3.63) is 35.4 Å². The predicted molar refractivity (Wildman–Crippen MR) is 54.8 cm³/mol. The number of carbonyl (C=O) groups excluding carboxylic acids is 2. The van der Waals surface area contributed by atoms with Gasteiger partial charge in [-0.25, -0.2) is 8.78 Å². The molecule has 90 valence electrons. The van der Waals surface area contributed by atoms with Crippen molar-refractivity contribution in [2.75, 3.05) is 0 Å². The van der Waals surface area contributed by atoms with Crippen LogP contribution in [0, 0.1) is 11.6 Å². The normalized spacial score (nSPS) is 19.5. The topological polar surface area (TPSA) is 58.2 Å². The van der Waals surface area contributed by atoms with Gasteiger partial charge in [0.05, 0.1) is 12.5 Å². The smallest absolute Gasteiger partial charge is 0.244 e. The van der Waals surface area contributed by atoms with Crippen molar-refractivity contribution >= 4 is 11.8 Å². The lowest BCUT2D eigenvalue weighted by Crippen LogP contribution is -2.36. The van der Waals surface area contributed by atoms with Crippen LogP contribution in [0.2, 0.25) is 0 Å². The zero-order chi connectivity index (χ0) is 12.4. The predicted octanol–water partition coefficient (Wildman–Crippen LogP) is 0.469. The van der Waals surface area contributed by atoms with Gasteiger partial charge in [-0.2, -0.15) is 0 Å². The van der Waals surface area contributed by atoms with E-state index in [4.69, 9.17) is 0 Å². The Morgan fingerprint density at radius 3 is 2.76 bits per heavy atom.